The normalized spacial score (nSPS) is 13.3. The second-order valence-electron chi connectivity index (χ2n) is 4.97. The topological polar surface area (TPSA) is 73.5 Å². The molecule has 1 radical (unpaired) electrons. The van der Waals surface area contributed by atoms with Gasteiger partial charge in [-0.2, -0.15) is 15.3 Å². The van der Waals surface area contributed by atoms with E-state index >= 15 is 0 Å². The molecule has 0 amide bonds. The fourth-order valence-electron chi connectivity index (χ4n) is 2.12. The summed E-state index contributed by atoms with van der Waals surface area (Å²) in [5.41, 5.74) is 2.06. The SMILES string of the molecule is CN/C([S-])=N/N=C(C)/C(=N/N=C(\[S-])NC)c1cccc2ccccc12.[Cu+2]. The van der Waals surface area contributed by atoms with Gasteiger partial charge >= 0.3 is 17.1 Å². The van der Waals surface area contributed by atoms with Crippen molar-refractivity contribution < 1.29 is 17.1 Å². The molecular formula is C17H18CuN6S2. The molecule has 2 aromatic carbocycles. The first-order valence-electron chi connectivity index (χ1n) is 7.52. The first-order valence-corrected chi connectivity index (χ1v) is 8.34. The minimum atomic E-state index is 0. The Labute approximate surface area is 174 Å². The van der Waals surface area contributed by atoms with Crippen LogP contribution in [-0.2, 0) is 42.3 Å². The number of benzene rings is 2. The van der Waals surface area contributed by atoms with E-state index in [2.05, 4.69) is 31.0 Å². The molecule has 0 aliphatic rings. The van der Waals surface area contributed by atoms with Crippen LogP contribution in [0.25, 0.3) is 10.8 Å². The molecule has 9 heteroatoms. The maximum Gasteiger partial charge on any atom is 2.00 e. The second-order valence-corrected chi connectivity index (χ2v) is 5.74. The van der Waals surface area contributed by atoms with Crippen molar-refractivity contribution in [3.63, 3.8) is 0 Å². The second kappa shape index (κ2) is 10.8. The quantitative estimate of drug-likeness (QED) is 0.255. The largest absolute Gasteiger partial charge is 2.00 e. The predicted octanol–water partition coefficient (Wildman–Crippen LogP) is 2.16. The molecule has 0 atom stereocenters. The number of nitrogens with one attached hydrogen (secondary N) is 2. The monoisotopic (exact) mass is 433 g/mol. The van der Waals surface area contributed by atoms with E-state index in [1.807, 2.05) is 42.5 Å². The Hall–Kier alpha value is -2.06. The van der Waals surface area contributed by atoms with Crippen LogP contribution in [0.4, 0.5) is 0 Å². The minimum absolute atomic E-state index is 0. The molecular weight excluding hydrogens is 416 g/mol. The van der Waals surface area contributed by atoms with Crippen molar-refractivity contribution in [1.29, 1.82) is 0 Å². The Morgan fingerprint density at radius 3 is 2.04 bits per heavy atom. The van der Waals surface area contributed by atoms with E-state index in [4.69, 9.17) is 25.3 Å². The molecule has 0 aliphatic carbocycles. The number of hydrogen-bond donors (Lipinski definition) is 2. The summed E-state index contributed by atoms with van der Waals surface area (Å²) in [7, 11) is 3.39. The Bertz CT molecular complexity index is 871. The Morgan fingerprint density at radius 2 is 1.38 bits per heavy atom. The van der Waals surface area contributed by atoms with E-state index in [0.717, 1.165) is 16.3 Å². The molecule has 0 unspecified atom stereocenters. The van der Waals surface area contributed by atoms with Gasteiger partial charge in [-0.05, 0) is 28.0 Å². The average Bonchev–Trinajstić information content (AvgIpc) is 2.65. The molecule has 0 aliphatic heterocycles. The minimum Gasteiger partial charge on any atom is -0.741 e. The van der Waals surface area contributed by atoms with Crippen molar-refractivity contribution in [2.24, 2.45) is 20.4 Å². The van der Waals surface area contributed by atoms with E-state index in [-0.39, 0.29) is 22.2 Å². The third kappa shape index (κ3) is 5.74. The molecule has 2 rings (SSSR count). The third-order valence-electron chi connectivity index (χ3n) is 3.35. The smallest absolute Gasteiger partial charge is 0.741 e. The van der Waals surface area contributed by atoms with Crippen molar-refractivity contribution in [2.45, 2.75) is 6.92 Å². The Kier molecular flexibility index (Phi) is 9.15. The predicted molar refractivity (Wildman–Crippen MR) is 111 cm³/mol. The summed E-state index contributed by atoms with van der Waals surface area (Å²) in [4.78, 5) is 0. The number of hydrogen-bond acceptors (Lipinski definition) is 6. The van der Waals surface area contributed by atoms with Gasteiger partial charge in [0, 0.05) is 19.7 Å². The zero-order valence-corrected chi connectivity index (χ0v) is 17.0. The molecule has 0 heterocycles. The summed E-state index contributed by atoms with van der Waals surface area (Å²) in [5.74, 6) is 0. The van der Waals surface area contributed by atoms with Crippen molar-refractivity contribution in [3.8, 4) is 0 Å². The van der Waals surface area contributed by atoms with Crippen LogP contribution in [0, 0.1) is 0 Å². The van der Waals surface area contributed by atoms with Crippen LogP contribution in [0.15, 0.2) is 62.9 Å². The van der Waals surface area contributed by atoms with E-state index < -0.39 is 0 Å². The molecule has 26 heavy (non-hydrogen) atoms. The number of nitrogens with zero attached hydrogens (tertiary/aromatic N) is 4. The van der Waals surface area contributed by atoms with Crippen LogP contribution in [0.1, 0.15) is 12.5 Å². The molecule has 0 fully saturated rings. The van der Waals surface area contributed by atoms with Crippen LogP contribution in [0.5, 0.6) is 0 Å². The fraction of sp³-hybridized carbons (Fsp3) is 0.176. The molecule has 6 nitrogen and oxygen atoms in total. The zero-order chi connectivity index (χ0) is 18.2. The fourth-order valence-corrected chi connectivity index (χ4v) is 2.20. The van der Waals surface area contributed by atoms with Crippen LogP contribution in [0.3, 0.4) is 0 Å². The Balaban J connectivity index is 0.00000338. The molecule has 0 saturated heterocycles. The summed E-state index contributed by atoms with van der Waals surface area (Å²) >= 11 is 10.1. The summed E-state index contributed by atoms with van der Waals surface area (Å²) < 4.78 is 0. The van der Waals surface area contributed by atoms with Gasteiger partial charge in [-0.25, -0.2) is 0 Å². The van der Waals surface area contributed by atoms with Gasteiger partial charge in [0.2, 0.25) is 0 Å². The van der Waals surface area contributed by atoms with Gasteiger partial charge in [-0.3, -0.25) is 0 Å². The Morgan fingerprint density at radius 1 is 0.808 bits per heavy atom. The van der Waals surface area contributed by atoms with Gasteiger partial charge in [-0.1, -0.05) is 42.5 Å². The summed E-state index contributed by atoms with van der Waals surface area (Å²) in [6.07, 6.45) is 0. The van der Waals surface area contributed by atoms with E-state index in [1.54, 1.807) is 21.0 Å². The third-order valence-corrected chi connectivity index (χ3v) is 3.92. The van der Waals surface area contributed by atoms with Gasteiger partial charge in [-0.15, -0.1) is 5.10 Å². The van der Waals surface area contributed by atoms with Crippen molar-refractivity contribution in [2.75, 3.05) is 14.1 Å². The van der Waals surface area contributed by atoms with Gasteiger partial charge in [0.1, 0.15) is 5.71 Å². The summed E-state index contributed by atoms with van der Waals surface area (Å²) in [6, 6.07) is 14.0. The molecule has 0 aromatic heterocycles. The van der Waals surface area contributed by atoms with Crippen molar-refractivity contribution in [3.05, 3.63) is 48.0 Å². The zero-order valence-electron chi connectivity index (χ0n) is 14.4. The maximum atomic E-state index is 5.05. The molecule has 0 saturated carbocycles. The van der Waals surface area contributed by atoms with Crippen molar-refractivity contribution in [1.82, 2.24) is 10.6 Å². The standard InChI is InChI=1S/C17H20N6S2.Cu/c1-11(20-22-16(24)18-2)15(21-23-17(25)19-3)14-10-6-8-12-7-4-5-9-13(12)14;/h4-10H,1-3H3,(H2,18,22,24)(H2,19,23,25);/q;+2/p-2/b20-11+,21-15-;. The number of amidine groups is 2. The van der Waals surface area contributed by atoms with E-state index in [0.29, 0.717) is 16.6 Å². The summed E-state index contributed by atoms with van der Waals surface area (Å²) in [5, 5.41) is 24.7. The maximum absolute atomic E-state index is 5.05. The van der Waals surface area contributed by atoms with Crippen LogP contribution >= 0.6 is 0 Å². The molecule has 0 spiro atoms. The van der Waals surface area contributed by atoms with Crippen LogP contribution in [0.2, 0.25) is 0 Å². The molecule has 2 N–H and O–H groups in total. The molecule has 139 valence electrons. The van der Waals surface area contributed by atoms with Gasteiger partial charge < -0.3 is 35.9 Å². The summed E-state index contributed by atoms with van der Waals surface area (Å²) in [6.45, 7) is 1.81. The van der Waals surface area contributed by atoms with Gasteiger partial charge in [0.25, 0.3) is 0 Å². The first kappa shape index (κ1) is 22.0. The van der Waals surface area contributed by atoms with Crippen LogP contribution < -0.4 is 10.6 Å². The number of rotatable bonds is 4. The number of fused-ring (bicyclic) bond motifs is 1. The van der Waals surface area contributed by atoms with E-state index in [9.17, 15) is 0 Å². The van der Waals surface area contributed by atoms with Gasteiger partial charge in [0.15, 0.2) is 0 Å². The van der Waals surface area contributed by atoms with Crippen LogP contribution in [-0.4, -0.2) is 35.9 Å². The van der Waals surface area contributed by atoms with E-state index in [1.165, 1.54) is 0 Å². The first-order chi connectivity index (χ1) is 12.1. The average molecular weight is 434 g/mol. The molecule has 2 aromatic rings. The molecule has 0 bridgehead atoms. The van der Waals surface area contributed by atoms with Crippen molar-refractivity contribution >= 4 is 57.8 Å². The van der Waals surface area contributed by atoms with Gasteiger partial charge in [0.05, 0.1) is 5.71 Å².